The number of para-hydroxylation sites is 1. The molecule has 92 valence electrons. The monoisotopic (exact) mass is 238 g/mol. The van der Waals surface area contributed by atoms with E-state index in [1.807, 2.05) is 35.2 Å². The Balaban J connectivity index is 2.27. The Labute approximate surface area is 108 Å². The molecule has 0 spiro atoms. The molecule has 0 N–H and O–H groups in total. The lowest BCUT2D eigenvalue weighted by Gasteiger charge is -2.04. The molecular weight excluding hydrogens is 220 g/mol. The van der Waals surface area contributed by atoms with Gasteiger partial charge < -0.3 is 0 Å². The average Bonchev–Trinajstić information content (AvgIpc) is 2.77. The second-order valence-corrected chi connectivity index (χ2v) is 4.23. The largest absolute Gasteiger partial charge is 0.233 e. The molecule has 0 atom stereocenters. The molecule has 0 bridgehead atoms. The lowest BCUT2D eigenvalue weighted by Crippen LogP contribution is -1.98. The molecule has 0 aliphatic carbocycles. The van der Waals surface area contributed by atoms with Crippen molar-refractivity contribution in [2.45, 2.75) is 19.8 Å². The quantitative estimate of drug-likeness (QED) is 0.565. The molecule has 1 aromatic carbocycles. The van der Waals surface area contributed by atoms with Gasteiger partial charge in [-0.05, 0) is 43.5 Å². The first-order chi connectivity index (χ1) is 8.83. The van der Waals surface area contributed by atoms with Gasteiger partial charge in [-0.25, -0.2) is 4.68 Å². The zero-order valence-corrected chi connectivity index (χ0v) is 10.7. The van der Waals surface area contributed by atoms with E-state index in [1.165, 1.54) is 5.56 Å². The van der Waals surface area contributed by atoms with E-state index in [4.69, 9.17) is 0 Å². The van der Waals surface area contributed by atoms with Crippen molar-refractivity contribution in [3.63, 3.8) is 0 Å². The zero-order chi connectivity index (χ0) is 12.8. The molecule has 0 aliphatic rings. The Hall–Kier alpha value is -2.09. The summed E-state index contributed by atoms with van der Waals surface area (Å²) in [4.78, 5) is 0. The summed E-state index contributed by atoms with van der Waals surface area (Å²) in [6.07, 6.45) is 10.2. The summed E-state index contributed by atoms with van der Waals surface area (Å²) in [5, 5.41) is 4.43. The molecule has 2 heteroatoms. The van der Waals surface area contributed by atoms with E-state index in [2.05, 4.69) is 42.9 Å². The van der Waals surface area contributed by atoms with Crippen LogP contribution in [0.25, 0.3) is 11.8 Å². The van der Waals surface area contributed by atoms with Gasteiger partial charge in [-0.3, -0.25) is 0 Å². The first-order valence-electron chi connectivity index (χ1n) is 6.20. The van der Waals surface area contributed by atoms with Crippen molar-refractivity contribution in [1.82, 2.24) is 9.78 Å². The van der Waals surface area contributed by atoms with Crippen LogP contribution >= 0.6 is 0 Å². The molecule has 1 heterocycles. The predicted octanol–water partition coefficient (Wildman–Crippen LogP) is 4.16. The van der Waals surface area contributed by atoms with Gasteiger partial charge in [0.1, 0.15) is 0 Å². The number of allylic oxidation sites excluding steroid dienone is 2. The van der Waals surface area contributed by atoms with Crippen LogP contribution in [0.2, 0.25) is 0 Å². The number of hydrogen-bond acceptors (Lipinski definition) is 1. The van der Waals surface area contributed by atoms with E-state index in [-0.39, 0.29) is 0 Å². The van der Waals surface area contributed by atoms with Crippen molar-refractivity contribution in [2.75, 3.05) is 0 Å². The molecule has 0 saturated heterocycles. The highest BCUT2D eigenvalue weighted by molar-refractivity contribution is 5.52. The Bertz CT molecular complexity index is 535. The molecule has 0 aliphatic heterocycles. The highest BCUT2D eigenvalue weighted by Crippen LogP contribution is 2.16. The first-order valence-corrected chi connectivity index (χ1v) is 6.20. The van der Waals surface area contributed by atoms with E-state index >= 15 is 0 Å². The molecule has 18 heavy (non-hydrogen) atoms. The van der Waals surface area contributed by atoms with Crippen molar-refractivity contribution >= 4 is 6.08 Å². The average molecular weight is 238 g/mol. The molecular formula is C16H18N2. The predicted molar refractivity (Wildman–Crippen MR) is 76.8 cm³/mol. The van der Waals surface area contributed by atoms with Crippen molar-refractivity contribution in [2.24, 2.45) is 0 Å². The fourth-order valence-corrected chi connectivity index (χ4v) is 1.83. The van der Waals surface area contributed by atoms with Crippen LogP contribution in [0.15, 0.2) is 55.3 Å². The fourth-order valence-electron chi connectivity index (χ4n) is 1.83. The molecule has 2 rings (SSSR count). The summed E-state index contributed by atoms with van der Waals surface area (Å²) in [5.74, 6) is 0. The molecule has 0 fully saturated rings. The Morgan fingerprint density at radius 3 is 2.72 bits per heavy atom. The van der Waals surface area contributed by atoms with Crippen LogP contribution in [0.3, 0.4) is 0 Å². The highest BCUT2D eigenvalue weighted by atomic mass is 15.3. The van der Waals surface area contributed by atoms with Gasteiger partial charge in [-0.1, -0.05) is 30.4 Å². The number of rotatable bonds is 5. The van der Waals surface area contributed by atoms with Gasteiger partial charge in [0, 0.05) is 0 Å². The maximum absolute atomic E-state index is 4.43. The van der Waals surface area contributed by atoms with E-state index in [0.717, 1.165) is 24.2 Å². The summed E-state index contributed by atoms with van der Waals surface area (Å²) in [7, 11) is 0. The highest BCUT2D eigenvalue weighted by Gasteiger charge is 2.05. The minimum atomic E-state index is 1.01. The number of aromatic nitrogens is 2. The van der Waals surface area contributed by atoms with Crippen molar-refractivity contribution in [1.29, 1.82) is 0 Å². The Morgan fingerprint density at radius 2 is 2.00 bits per heavy atom. The van der Waals surface area contributed by atoms with Crippen molar-refractivity contribution in [3.8, 4) is 5.69 Å². The smallest absolute Gasteiger partial charge is 0.0694 e. The van der Waals surface area contributed by atoms with Crippen LogP contribution < -0.4 is 0 Å². The van der Waals surface area contributed by atoms with Gasteiger partial charge in [-0.15, -0.1) is 6.58 Å². The first kappa shape index (κ1) is 12.4. The van der Waals surface area contributed by atoms with Gasteiger partial charge in [0.2, 0.25) is 0 Å². The van der Waals surface area contributed by atoms with E-state index < -0.39 is 0 Å². The van der Waals surface area contributed by atoms with Gasteiger partial charge in [-0.2, -0.15) is 5.10 Å². The third-order valence-electron chi connectivity index (χ3n) is 2.81. The number of benzene rings is 1. The molecule has 1 aromatic heterocycles. The molecule has 2 nitrogen and oxygen atoms in total. The topological polar surface area (TPSA) is 17.8 Å². The molecule has 0 amide bonds. The number of aryl methyl sites for hydroxylation is 1. The standard InChI is InChI=1S/C16H18N2/c1-3-4-5-9-12-16-14(2)13-17-18(16)15-10-7-6-8-11-15/h3,6-13H,1,4-5H2,2H3/b12-9+. The Morgan fingerprint density at radius 1 is 1.22 bits per heavy atom. The van der Waals surface area contributed by atoms with Crippen LogP contribution in [0.5, 0.6) is 0 Å². The number of nitrogens with zero attached hydrogens (tertiary/aromatic N) is 2. The summed E-state index contributed by atoms with van der Waals surface area (Å²) >= 11 is 0. The maximum Gasteiger partial charge on any atom is 0.0694 e. The van der Waals surface area contributed by atoms with Gasteiger partial charge in [0.25, 0.3) is 0 Å². The van der Waals surface area contributed by atoms with Gasteiger partial charge >= 0.3 is 0 Å². The summed E-state index contributed by atoms with van der Waals surface area (Å²) in [5.41, 5.74) is 3.42. The lowest BCUT2D eigenvalue weighted by atomic mass is 10.2. The minimum Gasteiger partial charge on any atom is -0.233 e. The van der Waals surface area contributed by atoms with E-state index in [9.17, 15) is 0 Å². The summed E-state index contributed by atoms with van der Waals surface area (Å²) < 4.78 is 1.97. The van der Waals surface area contributed by atoms with Gasteiger partial charge in [0.05, 0.1) is 17.6 Å². The second kappa shape index (κ2) is 6.01. The zero-order valence-electron chi connectivity index (χ0n) is 10.7. The molecule has 0 unspecified atom stereocenters. The Kier molecular flexibility index (Phi) is 4.13. The molecule has 0 radical (unpaired) electrons. The van der Waals surface area contributed by atoms with Crippen molar-refractivity contribution < 1.29 is 0 Å². The fraction of sp³-hybridized carbons (Fsp3) is 0.188. The maximum atomic E-state index is 4.43. The lowest BCUT2D eigenvalue weighted by molar-refractivity contribution is 0.870. The minimum absolute atomic E-state index is 1.01. The third kappa shape index (κ3) is 2.77. The normalized spacial score (nSPS) is 10.9. The summed E-state index contributed by atoms with van der Waals surface area (Å²) in [6.45, 7) is 5.81. The van der Waals surface area contributed by atoms with E-state index in [0.29, 0.717) is 0 Å². The van der Waals surface area contributed by atoms with Crippen LogP contribution in [-0.2, 0) is 0 Å². The summed E-state index contributed by atoms with van der Waals surface area (Å²) in [6, 6.07) is 10.2. The van der Waals surface area contributed by atoms with E-state index in [1.54, 1.807) is 0 Å². The van der Waals surface area contributed by atoms with Crippen LogP contribution in [0.1, 0.15) is 24.1 Å². The number of unbranched alkanes of at least 4 members (excludes halogenated alkanes) is 1. The third-order valence-corrected chi connectivity index (χ3v) is 2.81. The second-order valence-electron chi connectivity index (χ2n) is 4.23. The number of hydrogen-bond donors (Lipinski definition) is 0. The van der Waals surface area contributed by atoms with Crippen LogP contribution in [0.4, 0.5) is 0 Å². The molecule has 2 aromatic rings. The van der Waals surface area contributed by atoms with Gasteiger partial charge in [0.15, 0.2) is 0 Å². The van der Waals surface area contributed by atoms with Crippen LogP contribution in [-0.4, -0.2) is 9.78 Å². The van der Waals surface area contributed by atoms with Crippen molar-refractivity contribution in [3.05, 3.63) is 66.5 Å². The SMILES string of the molecule is C=CCC/C=C/c1c(C)cnn1-c1ccccc1. The van der Waals surface area contributed by atoms with Crippen LogP contribution in [0, 0.1) is 6.92 Å². The molecule has 0 saturated carbocycles.